The van der Waals surface area contributed by atoms with E-state index in [1.54, 1.807) is 32.3 Å². The lowest BCUT2D eigenvalue weighted by Crippen LogP contribution is -2.41. The Bertz CT molecular complexity index is 827. The van der Waals surface area contributed by atoms with Crippen LogP contribution in [0.4, 0.5) is 0 Å². The molecule has 0 aliphatic rings. The molecule has 0 saturated heterocycles. The molecule has 0 aliphatic heterocycles. The number of carbonyl (C=O) groups is 1. The number of rotatable bonds is 8. The average molecular weight is 375 g/mol. The maximum Gasteiger partial charge on any atom is 0.274 e. The molecule has 0 saturated carbocycles. The molecule has 0 bridgehead atoms. The molecule has 0 fully saturated rings. The fourth-order valence-electron chi connectivity index (χ4n) is 2.68. The van der Waals surface area contributed by atoms with E-state index in [4.69, 9.17) is 14.2 Å². The van der Waals surface area contributed by atoms with Crippen LogP contribution in [0.2, 0.25) is 0 Å². The maximum atomic E-state index is 13.1. The van der Waals surface area contributed by atoms with Crippen LogP contribution in [0.1, 0.15) is 23.0 Å². The number of methoxy groups -OCH3 is 3. The first-order valence-electron chi connectivity index (χ1n) is 8.45. The van der Waals surface area contributed by atoms with E-state index in [0.29, 0.717) is 24.7 Å². The monoisotopic (exact) mass is 375 g/mol. The summed E-state index contributed by atoms with van der Waals surface area (Å²) >= 11 is 0. The summed E-state index contributed by atoms with van der Waals surface area (Å²) in [4.78, 5) is 26.3. The summed E-state index contributed by atoms with van der Waals surface area (Å²) in [6, 6.07) is 8.01. The number of hydrogen-bond acceptors (Lipinski definition) is 6. The van der Waals surface area contributed by atoms with Crippen molar-refractivity contribution in [3.8, 4) is 11.5 Å². The predicted molar refractivity (Wildman–Crippen MR) is 100 cm³/mol. The molecular formula is C19H25N3O5. The van der Waals surface area contributed by atoms with Crippen molar-refractivity contribution < 1.29 is 19.0 Å². The van der Waals surface area contributed by atoms with Crippen LogP contribution in [0, 0.1) is 0 Å². The molecule has 2 rings (SSSR count). The third kappa shape index (κ3) is 5.07. The van der Waals surface area contributed by atoms with Gasteiger partial charge in [-0.05, 0) is 30.7 Å². The van der Waals surface area contributed by atoms with Crippen LogP contribution in [0.5, 0.6) is 11.5 Å². The average Bonchev–Trinajstić information content (AvgIpc) is 2.67. The van der Waals surface area contributed by atoms with Crippen molar-refractivity contribution in [3.63, 3.8) is 0 Å². The van der Waals surface area contributed by atoms with Gasteiger partial charge in [-0.15, -0.1) is 0 Å². The number of hydrogen-bond donors (Lipinski definition) is 0. The van der Waals surface area contributed by atoms with Gasteiger partial charge in [0, 0.05) is 32.8 Å². The fraction of sp³-hybridized carbons (Fsp3) is 0.421. The molecule has 27 heavy (non-hydrogen) atoms. The second kappa shape index (κ2) is 9.18. The van der Waals surface area contributed by atoms with Crippen molar-refractivity contribution >= 4 is 5.91 Å². The Morgan fingerprint density at radius 2 is 1.78 bits per heavy atom. The zero-order valence-electron chi connectivity index (χ0n) is 16.3. The summed E-state index contributed by atoms with van der Waals surface area (Å²) in [5, 5.41) is 4.07. The number of ether oxygens (including phenoxy) is 3. The summed E-state index contributed by atoms with van der Waals surface area (Å²) in [7, 11) is 6.24. The Labute approximate surface area is 158 Å². The van der Waals surface area contributed by atoms with Crippen LogP contribution < -0.4 is 15.0 Å². The van der Waals surface area contributed by atoms with Gasteiger partial charge in [-0.25, -0.2) is 4.68 Å². The molecule has 0 unspecified atom stereocenters. The van der Waals surface area contributed by atoms with E-state index in [9.17, 15) is 9.59 Å². The van der Waals surface area contributed by atoms with Gasteiger partial charge in [-0.2, -0.15) is 5.10 Å². The Morgan fingerprint density at radius 3 is 2.30 bits per heavy atom. The number of benzene rings is 1. The summed E-state index contributed by atoms with van der Waals surface area (Å²) in [5.74, 6) is 0.977. The quantitative estimate of drug-likeness (QED) is 0.695. The van der Waals surface area contributed by atoms with Gasteiger partial charge in [0.15, 0.2) is 0 Å². The van der Waals surface area contributed by atoms with E-state index in [1.807, 2.05) is 19.1 Å². The summed E-state index contributed by atoms with van der Waals surface area (Å²) in [5.41, 5.74) is 0.753. The molecule has 1 amide bonds. The zero-order valence-corrected chi connectivity index (χ0v) is 16.3. The standard InChI is InChI=1S/C19H25N3O5/c1-13(12-25-3)22(19(24)17-6-7-18(23)21(2)20-17)11-14-8-15(26-4)10-16(9-14)27-5/h6-10,13H,11-12H2,1-5H3/t13-/m0/s1. The molecule has 0 N–H and O–H groups in total. The molecule has 0 radical (unpaired) electrons. The predicted octanol–water partition coefficient (Wildman–Crippen LogP) is 1.47. The van der Waals surface area contributed by atoms with Crippen LogP contribution in [-0.4, -0.2) is 54.6 Å². The highest BCUT2D eigenvalue weighted by Crippen LogP contribution is 2.24. The Kier molecular flexibility index (Phi) is 6.95. The lowest BCUT2D eigenvalue weighted by atomic mass is 10.1. The number of carbonyl (C=O) groups excluding carboxylic acids is 1. The number of aromatic nitrogens is 2. The normalized spacial score (nSPS) is 11.7. The highest BCUT2D eigenvalue weighted by Gasteiger charge is 2.24. The second-order valence-electron chi connectivity index (χ2n) is 6.14. The number of aryl methyl sites for hydroxylation is 1. The van der Waals surface area contributed by atoms with E-state index in [1.165, 1.54) is 19.2 Å². The zero-order chi connectivity index (χ0) is 20.0. The van der Waals surface area contributed by atoms with Gasteiger partial charge in [-0.3, -0.25) is 9.59 Å². The SMILES string of the molecule is COC[C@H](C)N(Cc1cc(OC)cc(OC)c1)C(=O)c1ccc(=O)n(C)n1. The molecule has 1 aromatic heterocycles. The minimum Gasteiger partial charge on any atom is -0.497 e. The molecule has 146 valence electrons. The third-order valence-corrected chi connectivity index (χ3v) is 4.14. The largest absolute Gasteiger partial charge is 0.497 e. The van der Waals surface area contributed by atoms with E-state index in [-0.39, 0.29) is 23.2 Å². The van der Waals surface area contributed by atoms with Crippen LogP contribution >= 0.6 is 0 Å². The molecule has 0 spiro atoms. The summed E-state index contributed by atoms with van der Waals surface area (Å²) < 4.78 is 17.0. The molecule has 2 aromatic rings. The summed E-state index contributed by atoms with van der Waals surface area (Å²) in [6.07, 6.45) is 0. The van der Waals surface area contributed by atoms with Crippen molar-refractivity contribution in [2.24, 2.45) is 7.05 Å². The molecule has 1 heterocycles. The van der Waals surface area contributed by atoms with Gasteiger partial charge in [0.25, 0.3) is 11.5 Å². The van der Waals surface area contributed by atoms with Crippen molar-refractivity contribution in [1.82, 2.24) is 14.7 Å². The molecule has 8 heteroatoms. The molecule has 1 aromatic carbocycles. The lowest BCUT2D eigenvalue weighted by Gasteiger charge is -2.29. The van der Waals surface area contributed by atoms with Gasteiger partial charge >= 0.3 is 0 Å². The highest BCUT2D eigenvalue weighted by molar-refractivity contribution is 5.92. The second-order valence-corrected chi connectivity index (χ2v) is 6.14. The maximum absolute atomic E-state index is 13.1. The van der Waals surface area contributed by atoms with E-state index < -0.39 is 0 Å². The smallest absolute Gasteiger partial charge is 0.274 e. The Morgan fingerprint density at radius 1 is 1.15 bits per heavy atom. The van der Waals surface area contributed by atoms with Crippen molar-refractivity contribution in [1.29, 1.82) is 0 Å². The first-order valence-corrected chi connectivity index (χ1v) is 8.45. The van der Waals surface area contributed by atoms with Crippen LogP contribution in [0.3, 0.4) is 0 Å². The Balaban J connectivity index is 2.38. The van der Waals surface area contributed by atoms with Crippen LogP contribution in [0.15, 0.2) is 35.1 Å². The van der Waals surface area contributed by atoms with Gasteiger partial charge in [0.2, 0.25) is 0 Å². The highest BCUT2D eigenvalue weighted by atomic mass is 16.5. The van der Waals surface area contributed by atoms with Crippen LogP contribution in [0.25, 0.3) is 0 Å². The van der Waals surface area contributed by atoms with Gasteiger partial charge < -0.3 is 19.1 Å². The summed E-state index contributed by atoms with van der Waals surface area (Å²) in [6.45, 7) is 2.56. The van der Waals surface area contributed by atoms with Crippen molar-refractivity contribution in [2.75, 3.05) is 27.9 Å². The molecule has 1 atom stereocenters. The third-order valence-electron chi connectivity index (χ3n) is 4.14. The van der Waals surface area contributed by atoms with E-state index in [0.717, 1.165) is 10.2 Å². The molecule has 8 nitrogen and oxygen atoms in total. The van der Waals surface area contributed by atoms with Gasteiger partial charge in [0.05, 0.1) is 26.9 Å². The number of nitrogens with zero attached hydrogens (tertiary/aromatic N) is 3. The number of amides is 1. The van der Waals surface area contributed by atoms with Crippen LogP contribution in [-0.2, 0) is 18.3 Å². The van der Waals surface area contributed by atoms with Gasteiger partial charge in [-0.1, -0.05) is 0 Å². The van der Waals surface area contributed by atoms with Crippen molar-refractivity contribution in [3.05, 3.63) is 51.9 Å². The van der Waals surface area contributed by atoms with E-state index in [2.05, 4.69) is 5.10 Å². The fourth-order valence-corrected chi connectivity index (χ4v) is 2.68. The lowest BCUT2D eigenvalue weighted by molar-refractivity contribution is 0.0533. The minimum absolute atomic E-state index is 0.190. The first-order chi connectivity index (χ1) is 12.9. The minimum atomic E-state index is -0.295. The Hall–Kier alpha value is -2.87. The van der Waals surface area contributed by atoms with E-state index >= 15 is 0 Å². The molecule has 0 aliphatic carbocycles. The molecular weight excluding hydrogens is 350 g/mol. The first kappa shape index (κ1) is 20.4. The topological polar surface area (TPSA) is 82.9 Å². The van der Waals surface area contributed by atoms with Crippen molar-refractivity contribution in [2.45, 2.75) is 19.5 Å². The van der Waals surface area contributed by atoms with Gasteiger partial charge in [0.1, 0.15) is 17.2 Å².